The molecule has 10 heteroatoms. The third-order valence-corrected chi connectivity index (χ3v) is 9.15. The number of nitrogens with zero attached hydrogens (tertiary/aromatic N) is 3. The maximum absolute atomic E-state index is 14.3. The number of aromatic nitrogens is 2. The molecule has 0 radical (unpaired) electrons. The minimum Gasteiger partial charge on any atom is -0.461 e. The largest absolute Gasteiger partial charge is 0.461 e. The van der Waals surface area contributed by atoms with Crippen molar-refractivity contribution in [3.8, 4) is 0 Å². The van der Waals surface area contributed by atoms with Crippen LogP contribution in [-0.4, -0.2) is 47.3 Å². The molecule has 3 aromatic carbocycles. The number of halogens is 3. The number of likely N-dealkylation sites (tertiary alicyclic amines) is 1. The molecule has 2 aliphatic rings. The van der Waals surface area contributed by atoms with Crippen molar-refractivity contribution in [2.24, 2.45) is 0 Å². The highest BCUT2D eigenvalue weighted by Gasteiger charge is 2.43. The third-order valence-electron chi connectivity index (χ3n) is 9.15. The van der Waals surface area contributed by atoms with Gasteiger partial charge in [0.25, 0.3) is 0 Å². The number of esters is 1. The molecular weight excluding hydrogens is 593 g/mol. The molecule has 0 bridgehead atoms. The highest BCUT2D eigenvalue weighted by atomic mass is 19.4. The molecule has 0 amide bonds. The van der Waals surface area contributed by atoms with Gasteiger partial charge in [-0.25, -0.2) is 4.79 Å². The van der Waals surface area contributed by atoms with Crippen molar-refractivity contribution in [2.45, 2.75) is 44.2 Å². The van der Waals surface area contributed by atoms with E-state index in [0.717, 1.165) is 38.4 Å². The summed E-state index contributed by atoms with van der Waals surface area (Å²) in [6, 6.07) is 26.3. The number of hydrogen-bond donors (Lipinski definition) is 1. The zero-order valence-electron chi connectivity index (χ0n) is 25.7. The van der Waals surface area contributed by atoms with Gasteiger partial charge in [0.1, 0.15) is 6.61 Å². The standard InChI is InChI=1S/C36H35F3N4O3/c1-24-30(33-42-40-23-46-33)32(28-15-9-10-16-29(28)36(37,38)39)31(25(2)41-24)34(44)45-22-21-43-19-17-35(18-20-43,26-11-5-3-6-12-26)27-13-7-4-8-14-27/h3-16,23,32,41H,17-22H2,1-2H3. The minimum atomic E-state index is -4.65. The number of ether oxygens (including phenoxy) is 1. The maximum Gasteiger partial charge on any atom is 0.416 e. The number of alkyl halides is 3. The van der Waals surface area contributed by atoms with Gasteiger partial charge in [-0.3, -0.25) is 4.90 Å². The summed E-state index contributed by atoms with van der Waals surface area (Å²) in [7, 11) is 0. The van der Waals surface area contributed by atoms with Crippen molar-refractivity contribution < 1.29 is 27.1 Å². The van der Waals surface area contributed by atoms with E-state index in [-0.39, 0.29) is 29.0 Å². The fourth-order valence-electron chi connectivity index (χ4n) is 6.92. The fourth-order valence-corrected chi connectivity index (χ4v) is 6.92. The molecule has 238 valence electrons. The first-order valence-corrected chi connectivity index (χ1v) is 15.3. The Morgan fingerprint density at radius 3 is 2.13 bits per heavy atom. The molecule has 1 saturated heterocycles. The molecule has 7 nitrogen and oxygen atoms in total. The second-order valence-corrected chi connectivity index (χ2v) is 11.8. The summed E-state index contributed by atoms with van der Waals surface area (Å²) in [5.74, 6) is -1.81. The Morgan fingerprint density at radius 1 is 0.935 bits per heavy atom. The molecule has 1 atom stereocenters. The van der Waals surface area contributed by atoms with Crippen LogP contribution in [0.1, 0.15) is 60.8 Å². The van der Waals surface area contributed by atoms with E-state index in [2.05, 4.69) is 68.9 Å². The second kappa shape index (κ2) is 13.0. The molecule has 46 heavy (non-hydrogen) atoms. The number of hydrogen-bond acceptors (Lipinski definition) is 7. The van der Waals surface area contributed by atoms with Gasteiger partial charge in [-0.05, 0) is 62.5 Å². The molecule has 1 fully saturated rings. The smallest absolute Gasteiger partial charge is 0.416 e. The molecule has 4 aromatic rings. The molecule has 0 spiro atoms. The van der Waals surface area contributed by atoms with Gasteiger partial charge < -0.3 is 14.5 Å². The van der Waals surface area contributed by atoms with Crippen LogP contribution in [0.2, 0.25) is 0 Å². The summed E-state index contributed by atoms with van der Waals surface area (Å²) in [4.78, 5) is 16.0. The van der Waals surface area contributed by atoms with Crippen molar-refractivity contribution in [1.82, 2.24) is 20.4 Å². The molecule has 1 N–H and O–H groups in total. The molecule has 3 heterocycles. The summed E-state index contributed by atoms with van der Waals surface area (Å²) in [5.41, 5.74) is 2.79. The molecule has 0 saturated carbocycles. The van der Waals surface area contributed by atoms with E-state index in [0.29, 0.717) is 23.5 Å². The lowest BCUT2D eigenvalue weighted by Crippen LogP contribution is -2.44. The number of carbonyl (C=O) groups excluding carboxylic acids is 1. The van der Waals surface area contributed by atoms with E-state index in [1.807, 2.05) is 12.1 Å². The van der Waals surface area contributed by atoms with Crippen molar-refractivity contribution in [3.63, 3.8) is 0 Å². The second-order valence-electron chi connectivity index (χ2n) is 11.8. The van der Waals surface area contributed by atoms with Crippen molar-refractivity contribution in [1.29, 1.82) is 0 Å². The molecule has 1 unspecified atom stereocenters. The minimum absolute atomic E-state index is 0.0263. The quantitative estimate of drug-likeness (QED) is 0.209. The lowest BCUT2D eigenvalue weighted by Gasteiger charge is -2.43. The summed E-state index contributed by atoms with van der Waals surface area (Å²) < 4.78 is 54.0. The van der Waals surface area contributed by atoms with Gasteiger partial charge in [0.15, 0.2) is 0 Å². The Bertz CT molecular complexity index is 1690. The first-order chi connectivity index (χ1) is 22.2. The molecular formula is C36H35F3N4O3. The van der Waals surface area contributed by atoms with E-state index in [4.69, 9.17) is 9.15 Å². The van der Waals surface area contributed by atoms with Gasteiger partial charge in [-0.15, -0.1) is 10.2 Å². The van der Waals surface area contributed by atoms with Crippen LogP contribution in [0.15, 0.2) is 113 Å². The van der Waals surface area contributed by atoms with Gasteiger partial charge in [0.05, 0.1) is 17.1 Å². The summed E-state index contributed by atoms with van der Waals surface area (Å²) >= 11 is 0. The highest BCUT2D eigenvalue weighted by Crippen LogP contribution is 2.47. The highest BCUT2D eigenvalue weighted by molar-refractivity contribution is 5.97. The Morgan fingerprint density at radius 2 is 1.54 bits per heavy atom. The number of benzene rings is 3. The molecule has 6 rings (SSSR count). The predicted molar refractivity (Wildman–Crippen MR) is 167 cm³/mol. The van der Waals surface area contributed by atoms with Crippen LogP contribution in [0.5, 0.6) is 0 Å². The van der Waals surface area contributed by atoms with E-state index in [1.165, 1.54) is 29.3 Å². The summed E-state index contributed by atoms with van der Waals surface area (Å²) in [6.07, 6.45) is -1.75. The first kappa shape index (κ1) is 31.3. The Hall–Kier alpha value is -4.70. The average molecular weight is 629 g/mol. The molecule has 0 aliphatic carbocycles. The van der Waals surface area contributed by atoms with Crippen LogP contribution in [0.25, 0.3) is 5.57 Å². The number of rotatable bonds is 8. The Kier molecular flexibility index (Phi) is 8.82. The van der Waals surface area contributed by atoms with Crippen molar-refractivity contribution in [3.05, 3.63) is 136 Å². The van der Waals surface area contributed by atoms with Crippen molar-refractivity contribution in [2.75, 3.05) is 26.2 Å². The zero-order chi connectivity index (χ0) is 32.3. The topological polar surface area (TPSA) is 80.5 Å². The SMILES string of the molecule is CC1=C(C(=O)OCCN2CCC(c3ccccc3)(c3ccccc3)CC2)C(c2ccccc2C(F)(F)F)C(c2nnco2)=C(C)N1. The van der Waals surface area contributed by atoms with E-state index in [1.54, 1.807) is 13.8 Å². The predicted octanol–water partition coefficient (Wildman–Crippen LogP) is 7.11. The normalized spacial score (nSPS) is 18.8. The number of nitrogens with one attached hydrogen (secondary N) is 1. The number of piperidine rings is 1. The van der Waals surface area contributed by atoms with Crippen LogP contribution < -0.4 is 5.32 Å². The van der Waals surface area contributed by atoms with Gasteiger partial charge in [0.2, 0.25) is 12.3 Å². The van der Waals surface area contributed by atoms with Gasteiger partial charge in [-0.1, -0.05) is 78.9 Å². The van der Waals surface area contributed by atoms with E-state index < -0.39 is 23.6 Å². The Balaban J connectivity index is 1.20. The van der Waals surface area contributed by atoms with Crippen LogP contribution in [0, 0.1) is 0 Å². The summed E-state index contributed by atoms with van der Waals surface area (Å²) in [6.45, 7) is 5.55. The van der Waals surface area contributed by atoms with Crippen molar-refractivity contribution >= 4 is 11.5 Å². The van der Waals surface area contributed by atoms with Crippen LogP contribution >= 0.6 is 0 Å². The van der Waals surface area contributed by atoms with Gasteiger partial charge in [-0.2, -0.15) is 13.2 Å². The fraction of sp³-hybridized carbons (Fsp3) is 0.306. The number of dihydropyridines is 1. The molecule has 1 aromatic heterocycles. The molecule has 2 aliphatic heterocycles. The Labute approximate surface area is 265 Å². The average Bonchev–Trinajstić information content (AvgIpc) is 3.60. The first-order valence-electron chi connectivity index (χ1n) is 15.3. The van der Waals surface area contributed by atoms with E-state index in [9.17, 15) is 18.0 Å². The van der Waals surface area contributed by atoms with E-state index >= 15 is 0 Å². The van der Waals surface area contributed by atoms with Gasteiger partial charge in [0, 0.05) is 28.9 Å². The third kappa shape index (κ3) is 6.09. The van der Waals surface area contributed by atoms with Crippen LogP contribution in [0.4, 0.5) is 13.2 Å². The summed E-state index contributed by atoms with van der Waals surface area (Å²) in [5, 5.41) is 10.8. The monoisotopic (exact) mass is 628 g/mol. The zero-order valence-corrected chi connectivity index (χ0v) is 25.7. The number of carbonyl (C=O) groups is 1. The lowest BCUT2D eigenvalue weighted by molar-refractivity contribution is -0.141. The maximum atomic E-state index is 14.3. The number of allylic oxidation sites excluding steroid dienone is 3. The lowest BCUT2D eigenvalue weighted by atomic mass is 9.68. The van der Waals surface area contributed by atoms with Crippen LogP contribution in [0.3, 0.4) is 0 Å². The van der Waals surface area contributed by atoms with Gasteiger partial charge >= 0.3 is 12.1 Å². The van der Waals surface area contributed by atoms with Crippen LogP contribution in [-0.2, 0) is 21.1 Å².